The van der Waals surface area contributed by atoms with Gasteiger partial charge in [0.1, 0.15) is 17.5 Å². The minimum Gasteiger partial charge on any atom is -0.383 e. The van der Waals surface area contributed by atoms with Gasteiger partial charge >= 0.3 is 0 Å². The van der Waals surface area contributed by atoms with Crippen LogP contribution in [0.3, 0.4) is 0 Å². The molecule has 1 aromatic heterocycles. The Labute approximate surface area is 148 Å². The predicted octanol–water partition coefficient (Wildman–Crippen LogP) is 5.05. The lowest BCUT2D eigenvalue weighted by molar-refractivity contribution is 1.14. The maximum Gasteiger partial charge on any atom is 0.142 e. The average molecular weight is 327 g/mol. The fourth-order valence-corrected chi connectivity index (χ4v) is 2.98. The summed E-state index contributed by atoms with van der Waals surface area (Å²) in [4.78, 5) is 4.46. The normalized spacial score (nSPS) is 10.5. The summed E-state index contributed by atoms with van der Waals surface area (Å²) in [5, 5.41) is 9.58. The second kappa shape index (κ2) is 6.78. The first-order chi connectivity index (χ1) is 12.0. The largest absolute Gasteiger partial charge is 0.383 e. The number of benzene rings is 2. The van der Waals surface area contributed by atoms with E-state index in [0.29, 0.717) is 5.56 Å². The molecule has 0 aliphatic heterocycles. The van der Waals surface area contributed by atoms with E-state index >= 15 is 0 Å². The topological polar surface area (TPSA) is 62.7 Å². The van der Waals surface area contributed by atoms with Crippen LogP contribution in [0.25, 0.3) is 22.4 Å². The van der Waals surface area contributed by atoms with Crippen molar-refractivity contribution in [3.8, 4) is 28.5 Å². The molecule has 0 bridgehead atoms. The molecule has 2 N–H and O–H groups in total. The lowest BCUT2D eigenvalue weighted by Gasteiger charge is -2.13. The first-order valence-corrected chi connectivity index (χ1v) is 8.41. The standard InChI is InChI=1S/C22H21N3/c1-4-16-7-9-17(10-8-16)21-12-19(20(13-23)22(24)25-21)18-11-14(2)5-6-15(18)3/h5-12H,4H2,1-3H3,(H2,24,25). The Morgan fingerprint density at radius 3 is 2.36 bits per heavy atom. The van der Waals surface area contributed by atoms with Gasteiger partial charge < -0.3 is 5.73 Å². The molecule has 25 heavy (non-hydrogen) atoms. The van der Waals surface area contributed by atoms with Gasteiger partial charge in [-0.2, -0.15) is 5.26 Å². The van der Waals surface area contributed by atoms with Crippen molar-refractivity contribution in [3.05, 3.63) is 70.8 Å². The van der Waals surface area contributed by atoms with Crippen molar-refractivity contribution in [2.24, 2.45) is 0 Å². The van der Waals surface area contributed by atoms with Crippen LogP contribution in [0.1, 0.15) is 29.2 Å². The number of nitrogen functional groups attached to an aromatic ring is 1. The lowest BCUT2D eigenvalue weighted by Crippen LogP contribution is -2.00. The Hall–Kier alpha value is -3.12. The van der Waals surface area contributed by atoms with E-state index in [-0.39, 0.29) is 5.82 Å². The Morgan fingerprint density at radius 2 is 1.72 bits per heavy atom. The molecule has 0 radical (unpaired) electrons. The van der Waals surface area contributed by atoms with Gasteiger partial charge in [-0.15, -0.1) is 0 Å². The first kappa shape index (κ1) is 16.7. The zero-order valence-electron chi connectivity index (χ0n) is 14.8. The molecule has 2 aromatic carbocycles. The van der Waals surface area contributed by atoms with Gasteiger partial charge in [-0.05, 0) is 43.0 Å². The highest BCUT2D eigenvalue weighted by atomic mass is 14.8. The zero-order valence-corrected chi connectivity index (χ0v) is 14.8. The van der Waals surface area contributed by atoms with Gasteiger partial charge in [-0.3, -0.25) is 0 Å². The molecular formula is C22H21N3. The molecule has 3 aromatic rings. The van der Waals surface area contributed by atoms with Crippen molar-refractivity contribution in [1.29, 1.82) is 5.26 Å². The van der Waals surface area contributed by atoms with Crippen LogP contribution < -0.4 is 5.73 Å². The SMILES string of the molecule is CCc1ccc(-c2cc(-c3cc(C)ccc3C)c(C#N)c(N)n2)cc1. The van der Waals surface area contributed by atoms with Gasteiger partial charge in [0, 0.05) is 11.1 Å². The summed E-state index contributed by atoms with van der Waals surface area (Å²) in [5.74, 6) is 0.274. The van der Waals surface area contributed by atoms with Gasteiger partial charge in [0.2, 0.25) is 0 Å². The van der Waals surface area contributed by atoms with Gasteiger partial charge in [-0.25, -0.2) is 4.98 Å². The summed E-state index contributed by atoms with van der Waals surface area (Å²) < 4.78 is 0. The second-order valence-corrected chi connectivity index (χ2v) is 6.30. The molecule has 3 rings (SSSR count). The number of hydrogen-bond acceptors (Lipinski definition) is 3. The molecular weight excluding hydrogens is 306 g/mol. The van der Waals surface area contributed by atoms with Gasteiger partial charge in [-0.1, -0.05) is 55.0 Å². The molecule has 0 atom stereocenters. The van der Waals surface area contributed by atoms with Crippen LogP contribution in [0.2, 0.25) is 0 Å². The molecule has 3 nitrogen and oxygen atoms in total. The maximum absolute atomic E-state index is 9.58. The van der Waals surface area contributed by atoms with Crippen molar-refractivity contribution in [2.45, 2.75) is 27.2 Å². The number of aromatic nitrogens is 1. The van der Waals surface area contributed by atoms with E-state index in [1.807, 2.05) is 19.9 Å². The molecule has 124 valence electrons. The van der Waals surface area contributed by atoms with E-state index < -0.39 is 0 Å². The van der Waals surface area contributed by atoms with E-state index in [0.717, 1.165) is 39.9 Å². The van der Waals surface area contributed by atoms with E-state index in [4.69, 9.17) is 5.73 Å². The Morgan fingerprint density at radius 1 is 1.00 bits per heavy atom. The predicted molar refractivity (Wildman–Crippen MR) is 103 cm³/mol. The maximum atomic E-state index is 9.58. The number of aryl methyl sites for hydroxylation is 3. The molecule has 0 aliphatic rings. The molecule has 3 heteroatoms. The van der Waals surface area contributed by atoms with E-state index in [9.17, 15) is 5.26 Å². The highest BCUT2D eigenvalue weighted by Gasteiger charge is 2.15. The summed E-state index contributed by atoms with van der Waals surface area (Å²) >= 11 is 0. The van der Waals surface area contributed by atoms with Gasteiger partial charge in [0.25, 0.3) is 0 Å². The van der Waals surface area contributed by atoms with E-state index in [1.54, 1.807) is 0 Å². The Bertz CT molecular complexity index is 964. The molecule has 0 spiro atoms. The van der Waals surface area contributed by atoms with E-state index in [2.05, 4.69) is 60.4 Å². The van der Waals surface area contributed by atoms with Crippen molar-refractivity contribution in [2.75, 3.05) is 5.73 Å². The first-order valence-electron chi connectivity index (χ1n) is 8.41. The van der Waals surface area contributed by atoms with Crippen LogP contribution in [0.5, 0.6) is 0 Å². The lowest BCUT2D eigenvalue weighted by atomic mass is 9.94. The smallest absolute Gasteiger partial charge is 0.142 e. The van der Waals surface area contributed by atoms with Crippen LogP contribution in [-0.4, -0.2) is 4.98 Å². The zero-order chi connectivity index (χ0) is 18.0. The van der Waals surface area contributed by atoms with Crippen LogP contribution >= 0.6 is 0 Å². The van der Waals surface area contributed by atoms with Crippen LogP contribution in [0.4, 0.5) is 5.82 Å². The van der Waals surface area contributed by atoms with Crippen molar-refractivity contribution in [3.63, 3.8) is 0 Å². The number of anilines is 1. The minimum atomic E-state index is 0.274. The summed E-state index contributed by atoms with van der Waals surface area (Å²) in [6.45, 7) is 6.22. The summed E-state index contributed by atoms with van der Waals surface area (Å²) in [6.07, 6.45) is 0.997. The fraction of sp³-hybridized carbons (Fsp3) is 0.182. The third-order valence-corrected chi connectivity index (χ3v) is 4.50. The van der Waals surface area contributed by atoms with Crippen molar-refractivity contribution < 1.29 is 0 Å². The number of nitrogens with two attached hydrogens (primary N) is 1. The molecule has 0 saturated carbocycles. The molecule has 0 unspecified atom stereocenters. The molecule has 0 saturated heterocycles. The minimum absolute atomic E-state index is 0.274. The average Bonchev–Trinajstić information content (AvgIpc) is 2.63. The Balaban J connectivity index is 2.22. The van der Waals surface area contributed by atoms with Crippen molar-refractivity contribution >= 4 is 5.82 Å². The summed E-state index contributed by atoms with van der Waals surface area (Å²) in [7, 11) is 0. The monoisotopic (exact) mass is 327 g/mol. The highest BCUT2D eigenvalue weighted by molar-refractivity contribution is 5.81. The summed E-state index contributed by atoms with van der Waals surface area (Å²) in [5.41, 5.74) is 13.7. The number of hydrogen-bond donors (Lipinski definition) is 1. The van der Waals surface area contributed by atoms with Gasteiger partial charge in [0.15, 0.2) is 0 Å². The third-order valence-electron chi connectivity index (χ3n) is 4.50. The van der Waals surface area contributed by atoms with Gasteiger partial charge in [0.05, 0.1) is 5.69 Å². The highest BCUT2D eigenvalue weighted by Crippen LogP contribution is 2.33. The molecule has 0 fully saturated rings. The van der Waals surface area contributed by atoms with E-state index in [1.165, 1.54) is 5.56 Å². The molecule has 0 amide bonds. The van der Waals surface area contributed by atoms with Crippen LogP contribution in [-0.2, 0) is 6.42 Å². The Kier molecular flexibility index (Phi) is 4.54. The summed E-state index contributed by atoms with van der Waals surface area (Å²) in [6, 6.07) is 18.7. The van der Waals surface area contributed by atoms with Crippen LogP contribution in [0, 0.1) is 25.2 Å². The molecule has 1 heterocycles. The van der Waals surface area contributed by atoms with Crippen LogP contribution in [0.15, 0.2) is 48.5 Å². The number of pyridine rings is 1. The second-order valence-electron chi connectivity index (χ2n) is 6.30. The fourth-order valence-electron chi connectivity index (χ4n) is 2.98. The number of nitriles is 1. The molecule has 0 aliphatic carbocycles. The number of nitrogens with zero attached hydrogens (tertiary/aromatic N) is 2. The van der Waals surface area contributed by atoms with Crippen molar-refractivity contribution in [1.82, 2.24) is 4.98 Å². The quantitative estimate of drug-likeness (QED) is 0.732. The number of rotatable bonds is 3. The third kappa shape index (κ3) is 3.25.